The van der Waals surface area contributed by atoms with E-state index in [4.69, 9.17) is 0 Å². The molecule has 0 aliphatic carbocycles. The second-order valence-electron chi connectivity index (χ2n) is 4.31. The van der Waals surface area contributed by atoms with Gasteiger partial charge in [-0.05, 0) is 62.0 Å². The second kappa shape index (κ2) is 7.02. The minimum absolute atomic E-state index is 0.272. The van der Waals surface area contributed by atoms with Crippen molar-refractivity contribution in [2.45, 2.75) is 26.3 Å². The Bertz CT molecular complexity index is 531. The molecule has 1 atom stereocenters. The van der Waals surface area contributed by atoms with Crippen molar-refractivity contribution in [2.24, 2.45) is 0 Å². The van der Waals surface area contributed by atoms with Gasteiger partial charge in [-0.25, -0.2) is 0 Å². The van der Waals surface area contributed by atoms with E-state index in [-0.39, 0.29) is 6.04 Å². The van der Waals surface area contributed by atoms with Gasteiger partial charge in [0.15, 0.2) is 0 Å². The molecule has 1 unspecified atom stereocenters. The van der Waals surface area contributed by atoms with Crippen molar-refractivity contribution < 1.29 is 0 Å². The zero-order valence-electron chi connectivity index (χ0n) is 11.0. The summed E-state index contributed by atoms with van der Waals surface area (Å²) in [6, 6.07) is 11.2. The molecule has 1 N–H and O–H groups in total. The van der Waals surface area contributed by atoms with E-state index >= 15 is 0 Å². The summed E-state index contributed by atoms with van der Waals surface area (Å²) in [6.07, 6.45) is 1.06. The largest absolute Gasteiger partial charge is 0.306 e. The zero-order valence-corrected chi connectivity index (χ0v) is 15.0. The predicted molar refractivity (Wildman–Crippen MR) is 91.1 cm³/mol. The number of aryl methyl sites for hydroxylation is 1. The van der Waals surface area contributed by atoms with Crippen molar-refractivity contribution in [3.8, 4) is 0 Å². The van der Waals surface area contributed by atoms with Crippen LogP contribution in [0.4, 0.5) is 0 Å². The Kier molecular flexibility index (Phi) is 5.63. The molecule has 0 bridgehead atoms. The van der Waals surface area contributed by atoms with E-state index in [0.717, 1.165) is 21.2 Å². The third-order valence-corrected chi connectivity index (χ3v) is 6.43. The molecule has 1 aromatic heterocycles. The summed E-state index contributed by atoms with van der Waals surface area (Å²) in [6.45, 7) is 5.32. The molecule has 2 aromatic rings. The van der Waals surface area contributed by atoms with Crippen LogP contribution in [-0.4, -0.2) is 6.54 Å². The molecule has 19 heavy (non-hydrogen) atoms. The van der Waals surface area contributed by atoms with E-state index in [1.165, 1.54) is 16.0 Å². The van der Waals surface area contributed by atoms with Crippen LogP contribution in [0.15, 0.2) is 38.6 Å². The maximum atomic E-state index is 3.60. The Morgan fingerprint density at radius 2 is 1.95 bits per heavy atom. The van der Waals surface area contributed by atoms with E-state index in [2.05, 4.69) is 81.4 Å². The van der Waals surface area contributed by atoms with Gasteiger partial charge in [0.25, 0.3) is 0 Å². The van der Waals surface area contributed by atoms with Gasteiger partial charge in [0.1, 0.15) is 0 Å². The summed E-state index contributed by atoms with van der Waals surface area (Å²) in [7, 11) is 0. The number of hydrogen-bond acceptors (Lipinski definition) is 2. The summed E-state index contributed by atoms with van der Waals surface area (Å²) >= 11 is 8.95. The fourth-order valence-electron chi connectivity index (χ4n) is 2.21. The lowest BCUT2D eigenvalue weighted by Gasteiger charge is -2.20. The van der Waals surface area contributed by atoms with Crippen LogP contribution in [0.25, 0.3) is 0 Å². The number of halogens is 2. The second-order valence-corrected chi connectivity index (χ2v) is 7.57. The van der Waals surface area contributed by atoms with Gasteiger partial charge in [0.2, 0.25) is 0 Å². The highest BCUT2D eigenvalue weighted by atomic mass is 79.9. The maximum absolute atomic E-state index is 3.60. The number of rotatable bonds is 5. The minimum Gasteiger partial charge on any atom is -0.306 e. The summed E-state index contributed by atoms with van der Waals surface area (Å²) in [5.41, 5.74) is 2.79. The van der Waals surface area contributed by atoms with Crippen LogP contribution in [0.5, 0.6) is 0 Å². The molecule has 4 heteroatoms. The molecule has 0 aliphatic rings. The monoisotopic (exact) mass is 401 g/mol. The van der Waals surface area contributed by atoms with Crippen molar-refractivity contribution in [1.82, 2.24) is 5.32 Å². The number of thiophene rings is 1. The predicted octanol–water partition coefficient (Wildman–Crippen LogP) is 5.53. The third-order valence-electron chi connectivity index (χ3n) is 3.10. The smallest absolute Gasteiger partial charge is 0.0843 e. The first-order chi connectivity index (χ1) is 9.17. The fraction of sp³-hybridized carbons (Fsp3) is 0.333. The highest BCUT2D eigenvalue weighted by molar-refractivity contribution is 9.13. The van der Waals surface area contributed by atoms with Crippen molar-refractivity contribution >= 4 is 43.2 Å². The Morgan fingerprint density at radius 3 is 2.53 bits per heavy atom. The van der Waals surface area contributed by atoms with Crippen LogP contribution in [0, 0.1) is 0 Å². The first kappa shape index (κ1) is 15.2. The summed E-state index contributed by atoms with van der Waals surface area (Å²) in [5, 5.41) is 3.60. The Labute approximate surface area is 135 Å². The summed E-state index contributed by atoms with van der Waals surface area (Å²) in [5.74, 6) is 0. The van der Waals surface area contributed by atoms with Crippen LogP contribution >= 0.6 is 43.2 Å². The molecule has 1 aromatic carbocycles. The average Bonchev–Trinajstić information content (AvgIpc) is 2.76. The van der Waals surface area contributed by atoms with Crippen LogP contribution in [0.1, 0.15) is 35.9 Å². The first-order valence-electron chi connectivity index (χ1n) is 6.43. The van der Waals surface area contributed by atoms with Gasteiger partial charge >= 0.3 is 0 Å². The number of hydrogen-bond donors (Lipinski definition) is 1. The molecule has 0 saturated heterocycles. The van der Waals surface area contributed by atoms with Gasteiger partial charge < -0.3 is 5.32 Å². The molecule has 102 valence electrons. The highest BCUT2D eigenvalue weighted by Crippen LogP contribution is 2.38. The fourth-order valence-corrected chi connectivity index (χ4v) is 4.40. The lowest BCUT2D eigenvalue weighted by atomic mass is 9.97. The topological polar surface area (TPSA) is 12.0 Å². The lowest BCUT2D eigenvalue weighted by molar-refractivity contribution is 0.634. The average molecular weight is 403 g/mol. The molecular weight excluding hydrogens is 386 g/mol. The van der Waals surface area contributed by atoms with E-state index in [1.54, 1.807) is 11.3 Å². The van der Waals surface area contributed by atoms with E-state index in [0.29, 0.717) is 0 Å². The van der Waals surface area contributed by atoms with Crippen LogP contribution in [-0.2, 0) is 6.42 Å². The van der Waals surface area contributed by atoms with E-state index in [1.807, 2.05) is 0 Å². The maximum Gasteiger partial charge on any atom is 0.0843 e. The highest BCUT2D eigenvalue weighted by Gasteiger charge is 2.18. The Hall–Kier alpha value is -0.160. The molecule has 0 radical (unpaired) electrons. The van der Waals surface area contributed by atoms with Gasteiger partial charge in [0, 0.05) is 9.35 Å². The van der Waals surface area contributed by atoms with Gasteiger partial charge in [-0.3, -0.25) is 0 Å². The molecule has 2 rings (SSSR count). The van der Waals surface area contributed by atoms with E-state index < -0.39 is 0 Å². The van der Waals surface area contributed by atoms with Gasteiger partial charge in [-0.1, -0.05) is 38.1 Å². The van der Waals surface area contributed by atoms with Gasteiger partial charge in [-0.15, -0.1) is 11.3 Å². The van der Waals surface area contributed by atoms with Gasteiger partial charge in [0.05, 0.1) is 9.83 Å². The standard InChI is InChI=1S/C15H17Br2NS/c1-3-10-7-5-6-8-11(10)14(18-4-2)13-9-12(16)15(17)19-13/h5-9,14,18H,3-4H2,1-2H3. The number of benzene rings is 1. The van der Waals surface area contributed by atoms with Crippen LogP contribution in [0.2, 0.25) is 0 Å². The molecule has 0 amide bonds. The number of nitrogens with one attached hydrogen (secondary N) is 1. The first-order valence-corrected chi connectivity index (χ1v) is 8.83. The summed E-state index contributed by atoms with van der Waals surface area (Å²) in [4.78, 5) is 1.33. The zero-order chi connectivity index (χ0) is 13.8. The van der Waals surface area contributed by atoms with E-state index in [9.17, 15) is 0 Å². The molecule has 0 spiro atoms. The Morgan fingerprint density at radius 1 is 1.21 bits per heavy atom. The molecule has 0 saturated carbocycles. The Balaban J connectivity index is 2.44. The van der Waals surface area contributed by atoms with Crippen molar-refractivity contribution in [1.29, 1.82) is 0 Å². The quantitative estimate of drug-likeness (QED) is 0.692. The molecule has 1 heterocycles. The lowest BCUT2D eigenvalue weighted by Crippen LogP contribution is -2.22. The van der Waals surface area contributed by atoms with Crippen LogP contribution < -0.4 is 5.32 Å². The van der Waals surface area contributed by atoms with Crippen molar-refractivity contribution in [3.63, 3.8) is 0 Å². The summed E-state index contributed by atoms with van der Waals surface area (Å²) < 4.78 is 2.28. The third kappa shape index (κ3) is 3.48. The molecule has 1 nitrogen and oxygen atoms in total. The van der Waals surface area contributed by atoms with Crippen LogP contribution in [0.3, 0.4) is 0 Å². The minimum atomic E-state index is 0.272. The normalized spacial score (nSPS) is 12.6. The SMILES string of the molecule is CCNC(c1cc(Br)c(Br)s1)c1ccccc1CC. The molecular formula is C15H17Br2NS. The van der Waals surface area contributed by atoms with Gasteiger partial charge in [-0.2, -0.15) is 0 Å². The molecule has 0 fully saturated rings. The molecule has 0 aliphatic heterocycles. The van der Waals surface area contributed by atoms with Crippen molar-refractivity contribution in [2.75, 3.05) is 6.54 Å². The van der Waals surface area contributed by atoms with Crippen molar-refractivity contribution in [3.05, 3.63) is 54.6 Å².